The van der Waals surface area contributed by atoms with Crippen molar-refractivity contribution in [2.45, 2.75) is 33.1 Å². The number of unbranched alkanes of at least 4 members (excludes halogenated alkanes) is 2. The molecule has 84 valence electrons. The summed E-state index contributed by atoms with van der Waals surface area (Å²) in [6.45, 7) is 4.97. The third kappa shape index (κ3) is 4.12. The smallest absolute Gasteiger partial charge is 0.145 e. The molecule has 0 aromatic carbocycles. The fourth-order valence-corrected chi connectivity index (χ4v) is 1.32. The van der Waals surface area contributed by atoms with Gasteiger partial charge in [0.15, 0.2) is 0 Å². The summed E-state index contributed by atoms with van der Waals surface area (Å²) in [6.07, 6.45) is 3.62. The number of nitrogens with two attached hydrogens (primary N) is 1. The van der Waals surface area contributed by atoms with Gasteiger partial charge in [-0.2, -0.15) is 0 Å². The van der Waals surface area contributed by atoms with Gasteiger partial charge in [0.25, 0.3) is 0 Å². The summed E-state index contributed by atoms with van der Waals surface area (Å²) in [6, 6.07) is 1.80. The first-order valence-corrected chi connectivity index (χ1v) is 5.32. The lowest BCUT2D eigenvalue weighted by Gasteiger charge is -2.07. The first kappa shape index (κ1) is 11.7. The Kier molecular flexibility index (Phi) is 4.83. The second kappa shape index (κ2) is 6.19. The van der Waals surface area contributed by atoms with E-state index in [0.717, 1.165) is 18.8 Å². The fraction of sp³-hybridized carbons (Fsp3) is 0.600. The molecule has 0 amide bonds. The van der Waals surface area contributed by atoms with E-state index in [0.29, 0.717) is 11.6 Å². The van der Waals surface area contributed by atoms with Gasteiger partial charge in [0.1, 0.15) is 17.5 Å². The quantitative estimate of drug-likeness (QED) is 0.377. The molecule has 0 fully saturated rings. The van der Waals surface area contributed by atoms with E-state index >= 15 is 0 Å². The minimum atomic E-state index is 0.639. The van der Waals surface area contributed by atoms with E-state index in [1.807, 2.05) is 6.92 Å². The Morgan fingerprint density at radius 3 is 2.67 bits per heavy atom. The number of hydrogen-bond donors (Lipinski definition) is 3. The third-order valence-electron chi connectivity index (χ3n) is 2.07. The maximum absolute atomic E-state index is 5.30. The van der Waals surface area contributed by atoms with E-state index in [1.165, 1.54) is 12.8 Å². The zero-order valence-electron chi connectivity index (χ0n) is 9.38. The molecule has 0 spiro atoms. The summed E-state index contributed by atoms with van der Waals surface area (Å²) in [5.41, 5.74) is 2.52. The summed E-state index contributed by atoms with van der Waals surface area (Å²) < 4.78 is 0. The lowest BCUT2D eigenvalue weighted by atomic mass is 10.2. The molecule has 0 saturated carbocycles. The van der Waals surface area contributed by atoms with Crippen LogP contribution >= 0.6 is 0 Å². The van der Waals surface area contributed by atoms with Gasteiger partial charge in [-0.3, -0.25) is 0 Å². The number of hydrogen-bond acceptors (Lipinski definition) is 5. The first-order valence-electron chi connectivity index (χ1n) is 5.32. The van der Waals surface area contributed by atoms with Crippen LogP contribution in [-0.4, -0.2) is 16.5 Å². The van der Waals surface area contributed by atoms with Gasteiger partial charge in [0.05, 0.1) is 0 Å². The van der Waals surface area contributed by atoms with Gasteiger partial charge < -0.3 is 10.7 Å². The molecule has 15 heavy (non-hydrogen) atoms. The Balaban J connectivity index is 2.49. The summed E-state index contributed by atoms with van der Waals surface area (Å²) >= 11 is 0. The SMILES string of the molecule is CCCCCNc1cc(NN)nc(C)n1. The van der Waals surface area contributed by atoms with Gasteiger partial charge in [-0.05, 0) is 13.3 Å². The topological polar surface area (TPSA) is 75.9 Å². The molecule has 1 aromatic heterocycles. The number of nitrogen functional groups attached to an aromatic ring is 1. The van der Waals surface area contributed by atoms with Crippen molar-refractivity contribution in [2.75, 3.05) is 17.3 Å². The zero-order chi connectivity index (χ0) is 11.1. The van der Waals surface area contributed by atoms with Crippen molar-refractivity contribution in [2.24, 2.45) is 5.84 Å². The maximum atomic E-state index is 5.30. The average Bonchev–Trinajstić information content (AvgIpc) is 2.23. The number of aromatic nitrogens is 2. The molecule has 5 nitrogen and oxygen atoms in total. The van der Waals surface area contributed by atoms with Crippen molar-refractivity contribution in [3.8, 4) is 0 Å². The van der Waals surface area contributed by atoms with Gasteiger partial charge in [-0.1, -0.05) is 19.8 Å². The van der Waals surface area contributed by atoms with E-state index in [9.17, 15) is 0 Å². The van der Waals surface area contributed by atoms with E-state index < -0.39 is 0 Å². The molecular formula is C10H19N5. The van der Waals surface area contributed by atoms with Crippen LogP contribution < -0.4 is 16.6 Å². The monoisotopic (exact) mass is 209 g/mol. The zero-order valence-corrected chi connectivity index (χ0v) is 9.38. The minimum absolute atomic E-state index is 0.639. The number of anilines is 2. The number of rotatable bonds is 6. The Bertz CT molecular complexity index is 300. The summed E-state index contributed by atoms with van der Waals surface area (Å²) in [5, 5.41) is 3.25. The van der Waals surface area contributed by atoms with Crippen molar-refractivity contribution in [3.63, 3.8) is 0 Å². The van der Waals surface area contributed by atoms with Crippen LogP contribution in [0.4, 0.5) is 11.6 Å². The van der Waals surface area contributed by atoms with Crippen LogP contribution in [-0.2, 0) is 0 Å². The molecule has 0 aliphatic carbocycles. The minimum Gasteiger partial charge on any atom is -0.370 e. The number of aryl methyl sites for hydroxylation is 1. The van der Waals surface area contributed by atoms with Crippen LogP contribution in [0.25, 0.3) is 0 Å². The maximum Gasteiger partial charge on any atom is 0.145 e. The Hall–Kier alpha value is -1.36. The van der Waals surface area contributed by atoms with E-state index in [2.05, 4.69) is 27.6 Å². The standard InChI is InChI=1S/C10H19N5/c1-3-4-5-6-12-9-7-10(15-11)14-8(2)13-9/h7H,3-6,11H2,1-2H3,(H2,12,13,14,15). The van der Waals surface area contributed by atoms with Crippen molar-refractivity contribution in [1.29, 1.82) is 0 Å². The largest absolute Gasteiger partial charge is 0.370 e. The molecule has 1 rings (SSSR count). The van der Waals surface area contributed by atoms with Gasteiger partial charge in [-0.15, -0.1) is 0 Å². The van der Waals surface area contributed by atoms with Crippen molar-refractivity contribution < 1.29 is 0 Å². The molecule has 0 aliphatic heterocycles. The van der Waals surface area contributed by atoms with Crippen LogP contribution in [0.15, 0.2) is 6.07 Å². The first-order chi connectivity index (χ1) is 7.26. The highest BCUT2D eigenvalue weighted by Crippen LogP contribution is 2.09. The lowest BCUT2D eigenvalue weighted by Crippen LogP contribution is -2.11. The molecule has 5 heteroatoms. The van der Waals surface area contributed by atoms with Gasteiger partial charge in [0, 0.05) is 12.6 Å². The van der Waals surface area contributed by atoms with Crippen LogP contribution in [0, 0.1) is 6.92 Å². The van der Waals surface area contributed by atoms with Gasteiger partial charge >= 0.3 is 0 Å². The van der Waals surface area contributed by atoms with Crippen LogP contribution in [0.1, 0.15) is 32.0 Å². The van der Waals surface area contributed by atoms with Crippen molar-refractivity contribution >= 4 is 11.6 Å². The summed E-state index contributed by atoms with van der Waals surface area (Å²) in [5.74, 6) is 7.47. The number of nitrogens with zero attached hydrogens (tertiary/aromatic N) is 2. The molecule has 0 bridgehead atoms. The van der Waals surface area contributed by atoms with Gasteiger partial charge in [0.2, 0.25) is 0 Å². The molecule has 4 N–H and O–H groups in total. The third-order valence-corrected chi connectivity index (χ3v) is 2.07. The molecule has 1 heterocycles. The van der Waals surface area contributed by atoms with E-state index in [-0.39, 0.29) is 0 Å². The lowest BCUT2D eigenvalue weighted by molar-refractivity contribution is 0.742. The van der Waals surface area contributed by atoms with Gasteiger partial charge in [-0.25, -0.2) is 15.8 Å². The summed E-state index contributed by atoms with van der Waals surface area (Å²) in [4.78, 5) is 8.37. The molecule has 0 unspecified atom stereocenters. The normalized spacial score (nSPS) is 10.1. The van der Waals surface area contributed by atoms with Crippen molar-refractivity contribution in [1.82, 2.24) is 9.97 Å². The molecule has 0 saturated heterocycles. The predicted molar refractivity (Wildman–Crippen MR) is 62.6 cm³/mol. The number of hydrazine groups is 1. The molecule has 0 radical (unpaired) electrons. The second-order valence-electron chi connectivity index (χ2n) is 3.46. The van der Waals surface area contributed by atoms with Crippen molar-refractivity contribution in [3.05, 3.63) is 11.9 Å². The highest BCUT2D eigenvalue weighted by molar-refractivity contribution is 5.46. The Labute approximate surface area is 90.5 Å². The summed E-state index contributed by atoms with van der Waals surface area (Å²) in [7, 11) is 0. The fourth-order valence-electron chi connectivity index (χ4n) is 1.32. The number of nitrogens with one attached hydrogen (secondary N) is 2. The average molecular weight is 209 g/mol. The van der Waals surface area contributed by atoms with E-state index in [1.54, 1.807) is 6.07 Å². The molecular weight excluding hydrogens is 190 g/mol. The second-order valence-corrected chi connectivity index (χ2v) is 3.46. The Morgan fingerprint density at radius 1 is 1.27 bits per heavy atom. The molecule has 0 atom stereocenters. The van der Waals surface area contributed by atoms with Crippen LogP contribution in [0.5, 0.6) is 0 Å². The predicted octanol–water partition coefficient (Wildman–Crippen LogP) is 1.67. The van der Waals surface area contributed by atoms with Crippen LogP contribution in [0.2, 0.25) is 0 Å². The van der Waals surface area contributed by atoms with E-state index in [4.69, 9.17) is 5.84 Å². The highest BCUT2D eigenvalue weighted by atomic mass is 15.3. The Morgan fingerprint density at radius 2 is 2.00 bits per heavy atom. The molecule has 0 aliphatic rings. The highest BCUT2D eigenvalue weighted by Gasteiger charge is 1.99. The van der Waals surface area contributed by atoms with Crippen LogP contribution in [0.3, 0.4) is 0 Å². The molecule has 1 aromatic rings.